The van der Waals surface area contributed by atoms with Crippen molar-refractivity contribution < 1.29 is 22.3 Å². The highest BCUT2D eigenvalue weighted by atomic mass is 19.2. The first-order valence-corrected chi connectivity index (χ1v) is 8.99. The van der Waals surface area contributed by atoms with Crippen molar-refractivity contribution in [2.45, 2.75) is 0 Å². The minimum absolute atomic E-state index is 0.363. The van der Waals surface area contributed by atoms with E-state index in [1.54, 1.807) is 36.4 Å². The molecule has 30 heavy (non-hydrogen) atoms. The van der Waals surface area contributed by atoms with E-state index in [-0.39, 0.29) is 5.56 Å². The maximum absolute atomic E-state index is 14.5. The standard InChI is InChI=1S/C25H14F4O/c1-30-20-7-5-16(6-8-20)19-12-22(26)21(23(27)13-19)9-3-15-2-4-17-11-24(28)25(29)14-18(17)10-15/h2,4-8,10-14H,1H3. The molecular formula is C25H14F4O. The van der Waals surface area contributed by atoms with Crippen LogP contribution in [-0.4, -0.2) is 7.11 Å². The third kappa shape index (κ3) is 3.85. The number of ether oxygens (including phenoxy) is 1. The quantitative estimate of drug-likeness (QED) is 0.274. The van der Waals surface area contributed by atoms with Crippen molar-refractivity contribution in [1.29, 1.82) is 0 Å². The first-order chi connectivity index (χ1) is 14.4. The van der Waals surface area contributed by atoms with E-state index in [0.29, 0.717) is 33.2 Å². The summed E-state index contributed by atoms with van der Waals surface area (Å²) < 4.78 is 60.9. The summed E-state index contributed by atoms with van der Waals surface area (Å²) in [6.07, 6.45) is 0. The fourth-order valence-electron chi connectivity index (χ4n) is 3.10. The Labute approximate surface area is 170 Å². The Kier molecular flexibility index (Phi) is 5.16. The zero-order chi connectivity index (χ0) is 21.3. The van der Waals surface area contributed by atoms with Crippen LogP contribution in [0.2, 0.25) is 0 Å². The van der Waals surface area contributed by atoms with Gasteiger partial charge in [0.2, 0.25) is 0 Å². The van der Waals surface area contributed by atoms with E-state index < -0.39 is 23.3 Å². The molecule has 4 rings (SSSR count). The number of benzene rings is 4. The Balaban J connectivity index is 1.68. The number of methoxy groups -OCH3 is 1. The second kappa shape index (κ2) is 7.92. The summed E-state index contributed by atoms with van der Waals surface area (Å²) in [5.74, 6) is 2.32. The average molecular weight is 406 g/mol. The molecule has 5 heteroatoms. The van der Waals surface area contributed by atoms with Crippen LogP contribution in [0.25, 0.3) is 21.9 Å². The van der Waals surface area contributed by atoms with E-state index in [0.717, 1.165) is 12.1 Å². The van der Waals surface area contributed by atoms with Crippen molar-refractivity contribution in [3.05, 3.63) is 101 Å². The van der Waals surface area contributed by atoms with Gasteiger partial charge in [-0.05, 0) is 70.4 Å². The second-order valence-electron chi connectivity index (χ2n) is 6.62. The van der Waals surface area contributed by atoms with Crippen molar-refractivity contribution in [1.82, 2.24) is 0 Å². The van der Waals surface area contributed by atoms with E-state index >= 15 is 0 Å². The Hall–Kier alpha value is -3.78. The fraction of sp³-hybridized carbons (Fsp3) is 0.0400. The summed E-state index contributed by atoms with van der Waals surface area (Å²) >= 11 is 0. The normalized spacial score (nSPS) is 10.6. The molecular weight excluding hydrogens is 392 g/mol. The largest absolute Gasteiger partial charge is 0.497 e. The van der Waals surface area contributed by atoms with E-state index in [4.69, 9.17) is 4.74 Å². The number of halogens is 4. The summed E-state index contributed by atoms with van der Waals surface area (Å²) in [6.45, 7) is 0. The molecule has 0 aliphatic carbocycles. The van der Waals surface area contributed by atoms with Gasteiger partial charge in [-0.1, -0.05) is 30.0 Å². The van der Waals surface area contributed by atoms with Crippen LogP contribution in [-0.2, 0) is 0 Å². The van der Waals surface area contributed by atoms with Gasteiger partial charge in [0, 0.05) is 5.56 Å². The number of hydrogen-bond acceptors (Lipinski definition) is 1. The van der Waals surface area contributed by atoms with Gasteiger partial charge in [0.05, 0.1) is 12.7 Å². The molecule has 0 bridgehead atoms. The molecule has 0 atom stereocenters. The molecule has 0 aromatic heterocycles. The zero-order valence-electron chi connectivity index (χ0n) is 15.8. The monoisotopic (exact) mass is 406 g/mol. The third-order valence-corrected chi connectivity index (χ3v) is 4.68. The summed E-state index contributed by atoms with van der Waals surface area (Å²) in [6, 6.07) is 16.1. The molecule has 148 valence electrons. The summed E-state index contributed by atoms with van der Waals surface area (Å²) in [7, 11) is 1.53. The maximum atomic E-state index is 14.5. The van der Waals surface area contributed by atoms with Gasteiger partial charge in [-0.25, -0.2) is 17.6 Å². The predicted molar refractivity (Wildman–Crippen MR) is 108 cm³/mol. The van der Waals surface area contributed by atoms with Gasteiger partial charge in [-0.2, -0.15) is 0 Å². The van der Waals surface area contributed by atoms with Crippen LogP contribution in [0.4, 0.5) is 17.6 Å². The molecule has 0 saturated heterocycles. The highest BCUT2D eigenvalue weighted by Gasteiger charge is 2.11. The van der Waals surface area contributed by atoms with Gasteiger partial charge in [0.25, 0.3) is 0 Å². The van der Waals surface area contributed by atoms with Crippen molar-refractivity contribution in [3.63, 3.8) is 0 Å². The van der Waals surface area contributed by atoms with Gasteiger partial charge in [0.1, 0.15) is 17.4 Å². The molecule has 0 aliphatic rings. The molecule has 0 saturated carbocycles. The minimum Gasteiger partial charge on any atom is -0.497 e. The van der Waals surface area contributed by atoms with Crippen LogP contribution in [0.3, 0.4) is 0 Å². The lowest BCUT2D eigenvalue weighted by atomic mass is 10.0. The van der Waals surface area contributed by atoms with Crippen LogP contribution in [0.1, 0.15) is 11.1 Å². The van der Waals surface area contributed by atoms with E-state index in [9.17, 15) is 17.6 Å². The Morgan fingerprint density at radius 3 is 1.87 bits per heavy atom. The molecule has 0 spiro atoms. The Morgan fingerprint density at radius 2 is 1.23 bits per heavy atom. The smallest absolute Gasteiger partial charge is 0.159 e. The number of rotatable bonds is 2. The molecule has 0 heterocycles. The lowest BCUT2D eigenvalue weighted by Gasteiger charge is -2.06. The first-order valence-electron chi connectivity index (χ1n) is 8.99. The summed E-state index contributed by atoms with van der Waals surface area (Å²) in [5.41, 5.74) is 1.07. The van der Waals surface area contributed by atoms with E-state index in [2.05, 4.69) is 11.8 Å². The van der Waals surface area contributed by atoms with Gasteiger partial charge in [0.15, 0.2) is 11.6 Å². The average Bonchev–Trinajstić information content (AvgIpc) is 2.74. The lowest BCUT2D eigenvalue weighted by Crippen LogP contribution is -1.93. The van der Waals surface area contributed by atoms with Gasteiger partial charge >= 0.3 is 0 Å². The highest BCUT2D eigenvalue weighted by molar-refractivity contribution is 5.84. The summed E-state index contributed by atoms with van der Waals surface area (Å²) in [5, 5.41) is 0.942. The summed E-state index contributed by atoms with van der Waals surface area (Å²) in [4.78, 5) is 0. The molecule has 4 aromatic carbocycles. The molecule has 0 amide bonds. The molecule has 0 fully saturated rings. The SMILES string of the molecule is COc1ccc(-c2cc(F)c(C#Cc3ccc4cc(F)c(F)cc4c3)c(F)c2)cc1. The van der Waals surface area contributed by atoms with E-state index in [1.165, 1.54) is 25.3 Å². The number of fused-ring (bicyclic) bond motifs is 1. The van der Waals surface area contributed by atoms with Crippen molar-refractivity contribution in [3.8, 4) is 28.7 Å². The minimum atomic E-state index is -0.973. The van der Waals surface area contributed by atoms with Crippen LogP contribution in [0, 0.1) is 35.1 Å². The molecule has 0 radical (unpaired) electrons. The van der Waals surface area contributed by atoms with E-state index in [1.807, 2.05) is 0 Å². The molecule has 1 nitrogen and oxygen atoms in total. The fourth-order valence-corrected chi connectivity index (χ4v) is 3.10. The van der Waals surface area contributed by atoms with Gasteiger partial charge in [-0.15, -0.1) is 0 Å². The molecule has 0 N–H and O–H groups in total. The number of hydrogen-bond donors (Lipinski definition) is 0. The van der Waals surface area contributed by atoms with Crippen LogP contribution < -0.4 is 4.74 Å². The second-order valence-corrected chi connectivity index (χ2v) is 6.62. The van der Waals surface area contributed by atoms with Crippen molar-refractivity contribution >= 4 is 10.8 Å². The Bertz CT molecular complexity index is 1290. The predicted octanol–water partition coefficient (Wildman–Crippen LogP) is 6.47. The third-order valence-electron chi connectivity index (χ3n) is 4.68. The molecule has 4 aromatic rings. The zero-order valence-corrected chi connectivity index (χ0v) is 15.8. The van der Waals surface area contributed by atoms with Gasteiger partial charge in [-0.3, -0.25) is 0 Å². The maximum Gasteiger partial charge on any atom is 0.159 e. The topological polar surface area (TPSA) is 9.23 Å². The van der Waals surface area contributed by atoms with Gasteiger partial charge < -0.3 is 4.74 Å². The lowest BCUT2D eigenvalue weighted by molar-refractivity contribution is 0.415. The van der Waals surface area contributed by atoms with Crippen LogP contribution in [0.5, 0.6) is 5.75 Å². The Morgan fingerprint density at radius 1 is 0.600 bits per heavy atom. The van der Waals surface area contributed by atoms with Crippen LogP contribution in [0.15, 0.2) is 66.7 Å². The highest BCUT2D eigenvalue weighted by Crippen LogP contribution is 2.26. The van der Waals surface area contributed by atoms with Crippen molar-refractivity contribution in [2.75, 3.05) is 7.11 Å². The first kappa shape index (κ1) is 19.5. The molecule has 0 aliphatic heterocycles. The molecule has 0 unspecified atom stereocenters. The van der Waals surface area contributed by atoms with Crippen molar-refractivity contribution in [2.24, 2.45) is 0 Å². The van der Waals surface area contributed by atoms with Crippen LogP contribution >= 0.6 is 0 Å².